The van der Waals surface area contributed by atoms with Gasteiger partial charge in [-0.05, 0) is 49.4 Å². The number of nitrogens with one attached hydrogen (secondary N) is 1. The fourth-order valence-electron chi connectivity index (χ4n) is 2.11. The largest absolute Gasteiger partial charge is 0.516 e. The van der Waals surface area contributed by atoms with Crippen molar-refractivity contribution in [2.24, 2.45) is 10.2 Å². The third kappa shape index (κ3) is 5.82. The maximum absolute atomic E-state index is 12.6. The summed E-state index contributed by atoms with van der Waals surface area (Å²) >= 11 is 5.82. The van der Waals surface area contributed by atoms with Crippen molar-refractivity contribution in [3.8, 4) is 0 Å². The van der Waals surface area contributed by atoms with Crippen molar-refractivity contribution in [1.29, 1.82) is 0 Å². The van der Waals surface area contributed by atoms with Crippen LogP contribution in [0.5, 0.6) is 0 Å². The van der Waals surface area contributed by atoms with Gasteiger partial charge in [-0.25, -0.2) is 0 Å². The second-order valence-electron chi connectivity index (χ2n) is 5.72. The highest BCUT2D eigenvalue weighted by atomic mass is 35.5. The smallest absolute Gasteiger partial charge is 0.276 e. The monoisotopic (exact) mass is 459 g/mol. The SMILES string of the molecule is CC(N=Nc1ccc(C(F)(F)F)cc1)c1cc(Cl)ccc1NS(=O)(=O)C(F)(F)F. The molecular weight excluding hydrogens is 448 g/mol. The summed E-state index contributed by atoms with van der Waals surface area (Å²) in [7, 11) is -5.68. The van der Waals surface area contributed by atoms with Crippen LogP contribution in [-0.4, -0.2) is 13.9 Å². The van der Waals surface area contributed by atoms with Crippen LogP contribution in [0.3, 0.4) is 0 Å². The zero-order valence-electron chi connectivity index (χ0n) is 14.4. The Bertz CT molecular complexity index is 1000. The van der Waals surface area contributed by atoms with E-state index >= 15 is 0 Å². The predicted molar refractivity (Wildman–Crippen MR) is 94.4 cm³/mol. The maximum Gasteiger partial charge on any atom is 0.516 e. The zero-order chi connectivity index (χ0) is 22.0. The van der Waals surface area contributed by atoms with E-state index in [2.05, 4.69) is 10.2 Å². The fourth-order valence-corrected chi connectivity index (χ4v) is 2.88. The minimum absolute atomic E-state index is 0.0130. The molecule has 1 unspecified atom stereocenters. The van der Waals surface area contributed by atoms with Gasteiger partial charge in [0.25, 0.3) is 0 Å². The van der Waals surface area contributed by atoms with Crippen molar-refractivity contribution in [1.82, 2.24) is 0 Å². The summed E-state index contributed by atoms with van der Waals surface area (Å²) in [6.45, 7) is 1.39. The molecule has 2 aromatic carbocycles. The van der Waals surface area contributed by atoms with Gasteiger partial charge in [0, 0.05) is 10.6 Å². The standard InChI is InChI=1S/C16H12ClF6N3O2S/c1-9(24-25-12-5-2-10(3-6-12)15(18,19)20)13-8-11(17)4-7-14(13)26-29(27,28)16(21,22)23/h2-9,26H,1H3. The van der Waals surface area contributed by atoms with E-state index in [-0.39, 0.29) is 16.3 Å². The van der Waals surface area contributed by atoms with Crippen LogP contribution in [0.1, 0.15) is 24.1 Å². The first-order valence-corrected chi connectivity index (χ1v) is 9.53. The molecule has 0 saturated heterocycles. The molecule has 0 aliphatic heterocycles. The number of azo groups is 1. The summed E-state index contributed by atoms with van der Waals surface area (Å²) < 4.78 is 99.7. The molecule has 29 heavy (non-hydrogen) atoms. The lowest BCUT2D eigenvalue weighted by atomic mass is 10.1. The number of benzene rings is 2. The van der Waals surface area contributed by atoms with Gasteiger partial charge in [0.05, 0.1) is 23.0 Å². The molecular formula is C16H12ClF6N3O2S. The van der Waals surface area contributed by atoms with Crippen LogP contribution in [0.4, 0.5) is 37.7 Å². The topological polar surface area (TPSA) is 70.9 Å². The van der Waals surface area contributed by atoms with E-state index < -0.39 is 39.0 Å². The fraction of sp³-hybridized carbons (Fsp3) is 0.250. The number of anilines is 1. The average molecular weight is 460 g/mol. The summed E-state index contributed by atoms with van der Waals surface area (Å²) in [6.07, 6.45) is -4.52. The van der Waals surface area contributed by atoms with E-state index in [1.165, 1.54) is 23.8 Å². The van der Waals surface area contributed by atoms with Crippen LogP contribution in [-0.2, 0) is 16.2 Å². The van der Waals surface area contributed by atoms with Crippen LogP contribution in [0.25, 0.3) is 0 Å². The zero-order valence-corrected chi connectivity index (χ0v) is 16.0. The Morgan fingerprint density at radius 1 is 1.00 bits per heavy atom. The third-order valence-electron chi connectivity index (χ3n) is 3.55. The first-order chi connectivity index (χ1) is 13.2. The second-order valence-corrected chi connectivity index (χ2v) is 7.83. The average Bonchev–Trinajstić information content (AvgIpc) is 2.59. The summed E-state index contributed by atoms with van der Waals surface area (Å²) in [5.41, 5.74) is -6.78. The van der Waals surface area contributed by atoms with E-state index in [4.69, 9.17) is 11.6 Å². The summed E-state index contributed by atoms with van der Waals surface area (Å²) in [5, 5.41) is 7.66. The number of halogens is 7. The van der Waals surface area contributed by atoms with Crippen molar-refractivity contribution in [3.05, 3.63) is 58.6 Å². The van der Waals surface area contributed by atoms with Crippen molar-refractivity contribution in [2.45, 2.75) is 24.7 Å². The Hall–Kier alpha value is -2.34. The first kappa shape index (κ1) is 22.9. The Morgan fingerprint density at radius 3 is 2.10 bits per heavy atom. The number of rotatable bonds is 5. The highest BCUT2D eigenvalue weighted by Gasteiger charge is 2.46. The minimum atomic E-state index is -5.68. The Labute approximate surface area is 166 Å². The summed E-state index contributed by atoms with van der Waals surface area (Å²) in [4.78, 5) is 0. The number of alkyl halides is 6. The number of sulfonamides is 1. The van der Waals surface area contributed by atoms with E-state index in [1.807, 2.05) is 0 Å². The molecule has 1 atom stereocenters. The van der Waals surface area contributed by atoms with Gasteiger partial charge < -0.3 is 0 Å². The molecule has 0 fully saturated rings. The second kappa shape index (κ2) is 8.19. The van der Waals surface area contributed by atoms with Crippen LogP contribution in [0.2, 0.25) is 5.02 Å². The number of hydrogen-bond donors (Lipinski definition) is 1. The van der Waals surface area contributed by atoms with E-state index in [0.717, 1.165) is 30.3 Å². The predicted octanol–water partition coefficient (Wildman–Crippen LogP) is 6.47. The molecule has 0 radical (unpaired) electrons. The molecule has 2 aromatic rings. The van der Waals surface area contributed by atoms with E-state index in [0.29, 0.717) is 0 Å². The number of nitrogens with zero attached hydrogens (tertiary/aromatic N) is 2. The molecule has 158 valence electrons. The number of hydrogen-bond acceptors (Lipinski definition) is 4. The lowest BCUT2D eigenvalue weighted by Gasteiger charge is -2.16. The molecule has 0 aliphatic carbocycles. The van der Waals surface area contributed by atoms with Gasteiger partial charge in [-0.2, -0.15) is 45.0 Å². The lowest BCUT2D eigenvalue weighted by Crippen LogP contribution is -2.30. The Morgan fingerprint density at radius 2 is 1.59 bits per heavy atom. The van der Waals surface area contributed by atoms with Gasteiger partial charge in [0.15, 0.2) is 0 Å². The Balaban J connectivity index is 2.30. The van der Waals surface area contributed by atoms with Gasteiger partial charge >= 0.3 is 21.7 Å². The van der Waals surface area contributed by atoms with E-state index in [1.54, 1.807) is 0 Å². The molecule has 0 spiro atoms. The van der Waals surface area contributed by atoms with Gasteiger partial charge in [-0.3, -0.25) is 4.72 Å². The maximum atomic E-state index is 12.6. The van der Waals surface area contributed by atoms with E-state index in [9.17, 15) is 34.8 Å². The molecule has 0 aromatic heterocycles. The minimum Gasteiger partial charge on any atom is -0.276 e. The van der Waals surface area contributed by atoms with Crippen LogP contribution >= 0.6 is 11.6 Å². The van der Waals surface area contributed by atoms with Crippen molar-refractivity contribution in [2.75, 3.05) is 4.72 Å². The highest BCUT2D eigenvalue weighted by molar-refractivity contribution is 7.93. The molecule has 5 nitrogen and oxygen atoms in total. The van der Waals surface area contributed by atoms with Gasteiger partial charge in [0.2, 0.25) is 0 Å². The molecule has 0 bridgehead atoms. The lowest BCUT2D eigenvalue weighted by molar-refractivity contribution is -0.137. The molecule has 0 amide bonds. The van der Waals surface area contributed by atoms with Crippen LogP contribution in [0, 0.1) is 0 Å². The van der Waals surface area contributed by atoms with Crippen LogP contribution in [0.15, 0.2) is 52.7 Å². The van der Waals surface area contributed by atoms with Crippen molar-refractivity contribution in [3.63, 3.8) is 0 Å². The third-order valence-corrected chi connectivity index (χ3v) is 4.89. The first-order valence-electron chi connectivity index (χ1n) is 7.67. The van der Waals surface area contributed by atoms with Crippen LogP contribution < -0.4 is 4.72 Å². The molecule has 0 heterocycles. The summed E-state index contributed by atoms with van der Waals surface area (Å²) in [5.74, 6) is 0. The molecule has 13 heteroatoms. The molecule has 0 saturated carbocycles. The van der Waals surface area contributed by atoms with Gasteiger partial charge in [-0.1, -0.05) is 11.6 Å². The Kier molecular flexibility index (Phi) is 6.48. The summed E-state index contributed by atoms with van der Waals surface area (Å²) in [6, 6.07) is 6.15. The normalized spacial score (nSPS) is 14.2. The molecule has 0 aliphatic rings. The van der Waals surface area contributed by atoms with Gasteiger partial charge in [0.1, 0.15) is 0 Å². The van der Waals surface area contributed by atoms with Gasteiger partial charge in [-0.15, -0.1) is 0 Å². The molecule has 1 N–H and O–H groups in total. The quantitative estimate of drug-likeness (QED) is 0.411. The van der Waals surface area contributed by atoms with Crippen molar-refractivity contribution < 1.29 is 34.8 Å². The highest BCUT2D eigenvalue weighted by Crippen LogP contribution is 2.34. The molecule has 2 rings (SSSR count). The van der Waals surface area contributed by atoms with Crippen molar-refractivity contribution >= 4 is 33.0 Å².